The van der Waals surface area contributed by atoms with Crippen LogP contribution in [0, 0.1) is 0 Å². The fourth-order valence-electron chi connectivity index (χ4n) is 2.65. The summed E-state index contributed by atoms with van der Waals surface area (Å²) < 4.78 is 6.10. The van der Waals surface area contributed by atoms with Crippen molar-refractivity contribution in [3.63, 3.8) is 0 Å². The second-order valence-corrected chi connectivity index (χ2v) is 6.42. The lowest BCUT2D eigenvalue weighted by atomic mass is 10.2. The van der Waals surface area contributed by atoms with Gasteiger partial charge in [-0.05, 0) is 50.6 Å². The number of thioether (sulfide) groups is 1. The lowest BCUT2D eigenvalue weighted by molar-refractivity contribution is 0.134. The lowest BCUT2D eigenvalue weighted by Gasteiger charge is -2.23. The van der Waals surface area contributed by atoms with E-state index in [1.165, 1.54) is 31.5 Å². The molecule has 0 aromatic carbocycles. The molecule has 0 unspecified atom stereocenters. The van der Waals surface area contributed by atoms with Gasteiger partial charge in [0.05, 0.1) is 0 Å². The highest BCUT2D eigenvalue weighted by Crippen LogP contribution is 2.17. The van der Waals surface area contributed by atoms with E-state index in [4.69, 9.17) is 4.74 Å². The quantitative estimate of drug-likeness (QED) is 0.649. The van der Waals surface area contributed by atoms with Crippen molar-refractivity contribution in [2.24, 2.45) is 0 Å². The van der Waals surface area contributed by atoms with Crippen LogP contribution in [0.5, 0.6) is 5.88 Å². The van der Waals surface area contributed by atoms with E-state index in [1.54, 1.807) is 0 Å². The molecule has 0 saturated carbocycles. The third-order valence-electron chi connectivity index (χ3n) is 3.75. The van der Waals surface area contributed by atoms with Gasteiger partial charge in [0, 0.05) is 24.6 Å². The second-order valence-electron chi connectivity index (χ2n) is 5.55. The van der Waals surface area contributed by atoms with E-state index in [-0.39, 0.29) is 6.10 Å². The van der Waals surface area contributed by atoms with Crippen molar-refractivity contribution in [1.29, 1.82) is 0 Å². The van der Waals surface area contributed by atoms with Crippen LogP contribution in [0.15, 0.2) is 31.0 Å². The molecule has 0 N–H and O–H groups in total. The van der Waals surface area contributed by atoms with Crippen LogP contribution in [0.4, 0.5) is 0 Å². The van der Waals surface area contributed by atoms with Crippen LogP contribution in [0.3, 0.4) is 0 Å². The Morgan fingerprint density at radius 1 is 1.43 bits per heavy atom. The zero-order valence-electron chi connectivity index (χ0n) is 13.0. The van der Waals surface area contributed by atoms with Crippen molar-refractivity contribution < 1.29 is 4.74 Å². The summed E-state index contributed by atoms with van der Waals surface area (Å²) in [7, 11) is 0. The number of rotatable bonds is 9. The highest BCUT2D eigenvalue weighted by molar-refractivity contribution is 7.97. The van der Waals surface area contributed by atoms with Gasteiger partial charge >= 0.3 is 0 Å². The largest absolute Gasteiger partial charge is 0.473 e. The average molecular weight is 306 g/mol. The molecule has 0 spiro atoms. The van der Waals surface area contributed by atoms with Gasteiger partial charge < -0.3 is 4.74 Å². The fourth-order valence-corrected chi connectivity index (χ4v) is 3.15. The molecule has 0 amide bonds. The summed E-state index contributed by atoms with van der Waals surface area (Å²) in [6.07, 6.45) is 10.8. The third-order valence-corrected chi connectivity index (χ3v) is 4.37. The minimum absolute atomic E-state index is 0.208. The van der Waals surface area contributed by atoms with E-state index in [1.807, 2.05) is 30.1 Å². The summed E-state index contributed by atoms with van der Waals surface area (Å²) in [4.78, 5) is 6.94. The molecule has 1 saturated heterocycles. The predicted octanol–water partition coefficient (Wildman–Crippen LogP) is 3.75. The minimum Gasteiger partial charge on any atom is -0.473 e. The number of nitrogens with zero attached hydrogens (tertiary/aromatic N) is 2. The first-order chi connectivity index (χ1) is 10.3. The smallest absolute Gasteiger partial charge is 0.213 e. The Hall–Kier alpha value is -1.00. The highest BCUT2D eigenvalue weighted by Gasteiger charge is 2.18. The Morgan fingerprint density at radius 3 is 2.86 bits per heavy atom. The topological polar surface area (TPSA) is 25.4 Å². The van der Waals surface area contributed by atoms with Gasteiger partial charge in [-0.25, -0.2) is 4.98 Å². The maximum Gasteiger partial charge on any atom is 0.213 e. The zero-order valence-corrected chi connectivity index (χ0v) is 13.8. The van der Waals surface area contributed by atoms with Crippen molar-refractivity contribution in [1.82, 2.24) is 9.88 Å². The predicted molar refractivity (Wildman–Crippen MR) is 91.0 cm³/mol. The number of hydrogen-bond donors (Lipinski definition) is 0. The Bertz CT molecular complexity index is 415. The first kappa shape index (κ1) is 16.4. The summed E-state index contributed by atoms with van der Waals surface area (Å²) in [5.41, 5.74) is 1.25. The Balaban J connectivity index is 1.90. The maximum atomic E-state index is 6.10. The molecule has 1 aromatic rings. The molecule has 1 aliphatic rings. The molecule has 2 rings (SSSR count). The first-order valence-electron chi connectivity index (χ1n) is 7.75. The number of likely N-dealkylation sites (tertiary alicyclic amines) is 1. The van der Waals surface area contributed by atoms with Crippen LogP contribution >= 0.6 is 11.8 Å². The molecule has 0 radical (unpaired) electrons. The molecule has 116 valence electrons. The summed E-state index contributed by atoms with van der Waals surface area (Å²) in [5.74, 6) is 1.74. The molecule has 0 bridgehead atoms. The summed E-state index contributed by atoms with van der Waals surface area (Å²) in [6, 6.07) is 4.11. The highest BCUT2D eigenvalue weighted by atomic mass is 32.2. The second kappa shape index (κ2) is 9.11. The van der Waals surface area contributed by atoms with Crippen molar-refractivity contribution in [3.05, 3.63) is 36.5 Å². The number of aromatic nitrogens is 1. The lowest BCUT2D eigenvalue weighted by Crippen LogP contribution is -2.34. The van der Waals surface area contributed by atoms with Crippen LogP contribution in [-0.4, -0.2) is 41.9 Å². The molecule has 1 aromatic heterocycles. The molecular formula is C17H26N2OS. The van der Waals surface area contributed by atoms with Gasteiger partial charge in [0.2, 0.25) is 5.88 Å². The van der Waals surface area contributed by atoms with E-state index in [9.17, 15) is 0 Å². The van der Waals surface area contributed by atoms with Gasteiger partial charge in [-0.2, -0.15) is 11.8 Å². The number of pyridine rings is 1. The van der Waals surface area contributed by atoms with Crippen molar-refractivity contribution in [3.8, 4) is 5.88 Å². The van der Waals surface area contributed by atoms with Gasteiger partial charge in [-0.3, -0.25) is 4.90 Å². The summed E-state index contributed by atoms with van der Waals surface area (Å²) in [6.45, 7) is 7.22. The Morgan fingerprint density at radius 2 is 2.24 bits per heavy atom. The van der Waals surface area contributed by atoms with Crippen molar-refractivity contribution in [2.75, 3.05) is 25.9 Å². The van der Waals surface area contributed by atoms with Gasteiger partial charge in [0.25, 0.3) is 0 Å². The Kier molecular flexibility index (Phi) is 7.10. The molecule has 3 nitrogen and oxygen atoms in total. The normalized spacial score (nSPS) is 16.8. The fraction of sp³-hybridized carbons (Fsp3) is 0.588. The van der Waals surface area contributed by atoms with E-state index >= 15 is 0 Å². The molecular weight excluding hydrogens is 280 g/mol. The van der Waals surface area contributed by atoms with Crippen LogP contribution < -0.4 is 4.74 Å². The molecule has 1 atom stereocenters. The molecule has 1 aliphatic heterocycles. The SMILES string of the molecule is C=CCC[C@@H](CN1CCCC1)Oc1ccc(CSC)cn1. The summed E-state index contributed by atoms with van der Waals surface area (Å²) in [5, 5.41) is 0. The summed E-state index contributed by atoms with van der Waals surface area (Å²) >= 11 is 1.81. The standard InChI is InChI=1S/C17H26N2OS/c1-3-4-7-16(13-19-10-5-6-11-19)20-17-9-8-15(12-18-17)14-21-2/h3,8-9,12,16H,1,4-7,10-11,13-14H2,2H3/t16-/m0/s1. The van der Waals surface area contributed by atoms with E-state index in [0.717, 1.165) is 31.0 Å². The number of allylic oxidation sites excluding steroid dienone is 1. The molecule has 1 fully saturated rings. The minimum atomic E-state index is 0.208. The molecule has 21 heavy (non-hydrogen) atoms. The van der Waals surface area contributed by atoms with Crippen molar-refractivity contribution in [2.45, 2.75) is 37.5 Å². The van der Waals surface area contributed by atoms with Gasteiger partial charge in [0.15, 0.2) is 0 Å². The van der Waals surface area contributed by atoms with Gasteiger partial charge in [-0.1, -0.05) is 12.1 Å². The van der Waals surface area contributed by atoms with E-state index in [0.29, 0.717) is 0 Å². The average Bonchev–Trinajstić information content (AvgIpc) is 3.00. The van der Waals surface area contributed by atoms with Crippen LogP contribution in [-0.2, 0) is 5.75 Å². The van der Waals surface area contributed by atoms with Crippen LogP contribution in [0.25, 0.3) is 0 Å². The third kappa shape index (κ3) is 5.71. The van der Waals surface area contributed by atoms with E-state index in [2.05, 4.69) is 28.8 Å². The van der Waals surface area contributed by atoms with Crippen LogP contribution in [0.2, 0.25) is 0 Å². The Labute approximate surface area is 132 Å². The van der Waals surface area contributed by atoms with Gasteiger partial charge in [-0.15, -0.1) is 6.58 Å². The molecule has 0 aliphatic carbocycles. The van der Waals surface area contributed by atoms with Crippen LogP contribution in [0.1, 0.15) is 31.2 Å². The van der Waals surface area contributed by atoms with Gasteiger partial charge in [0.1, 0.15) is 6.10 Å². The monoisotopic (exact) mass is 306 g/mol. The number of hydrogen-bond acceptors (Lipinski definition) is 4. The number of ether oxygens (including phenoxy) is 1. The first-order valence-corrected chi connectivity index (χ1v) is 9.15. The maximum absolute atomic E-state index is 6.10. The zero-order chi connectivity index (χ0) is 14.9. The van der Waals surface area contributed by atoms with Crippen molar-refractivity contribution >= 4 is 11.8 Å². The molecule has 2 heterocycles. The van der Waals surface area contributed by atoms with E-state index < -0.39 is 0 Å². The molecule has 4 heteroatoms.